The highest BCUT2D eigenvalue weighted by Gasteiger charge is 2.35. The molecule has 0 aromatic heterocycles. The molecule has 0 aromatic carbocycles. The summed E-state index contributed by atoms with van der Waals surface area (Å²) >= 11 is 0. The number of hydrogen-bond acceptors (Lipinski definition) is 4. The number of esters is 1. The second-order valence-corrected chi connectivity index (χ2v) is 3.79. The number of ether oxygens (including phenoxy) is 1. The molecule has 0 aromatic rings. The van der Waals surface area contributed by atoms with Crippen LogP contribution in [0.3, 0.4) is 0 Å². The second-order valence-electron chi connectivity index (χ2n) is 3.79. The van der Waals surface area contributed by atoms with Gasteiger partial charge < -0.3 is 10.1 Å². The van der Waals surface area contributed by atoms with E-state index in [4.69, 9.17) is 4.74 Å². The average Bonchev–Trinajstić information content (AvgIpc) is 3.08. The minimum absolute atomic E-state index is 0.0263. The van der Waals surface area contributed by atoms with E-state index in [0.29, 0.717) is 0 Å². The fourth-order valence-corrected chi connectivity index (χ4v) is 1.31. The van der Waals surface area contributed by atoms with Crippen LogP contribution in [-0.4, -0.2) is 30.3 Å². The summed E-state index contributed by atoms with van der Waals surface area (Å²) in [5, 5.41) is 2.45. The summed E-state index contributed by atoms with van der Waals surface area (Å²) in [4.78, 5) is 34.4. The zero-order valence-corrected chi connectivity index (χ0v) is 9.62. The summed E-state index contributed by atoms with van der Waals surface area (Å²) in [7, 11) is 0. The Labute approximate surface area is 94.5 Å². The van der Waals surface area contributed by atoms with Crippen molar-refractivity contribution in [3.05, 3.63) is 0 Å². The van der Waals surface area contributed by atoms with Crippen molar-refractivity contribution in [2.24, 2.45) is 5.92 Å². The van der Waals surface area contributed by atoms with Gasteiger partial charge in [-0.2, -0.15) is 0 Å². The number of ketones is 1. The lowest BCUT2D eigenvalue weighted by atomic mass is 10.1. The summed E-state index contributed by atoms with van der Waals surface area (Å²) in [6.45, 7) is 3.51. The lowest BCUT2D eigenvalue weighted by Gasteiger charge is -2.15. The number of nitrogens with one attached hydrogen (secondary N) is 1. The monoisotopic (exact) mass is 227 g/mol. The Morgan fingerprint density at radius 3 is 2.38 bits per heavy atom. The van der Waals surface area contributed by atoms with Crippen molar-refractivity contribution in [1.82, 2.24) is 5.32 Å². The molecule has 5 nitrogen and oxygen atoms in total. The predicted molar refractivity (Wildman–Crippen MR) is 56.6 cm³/mol. The first-order valence-electron chi connectivity index (χ1n) is 5.59. The van der Waals surface area contributed by atoms with Crippen molar-refractivity contribution in [1.29, 1.82) is 0 Å². The Bertz CT molecular complexity index is 296. The van der Waals surface area contributed by atoms with Gasteiger partial charge in [-0.25, -0.2) is 4.79 Å². The fourth-order valence-electron chi connectivity index (χ4n) is 1.31. The van der Waals surface area contributed by atoms with Crippen LogP contribution in [-0.2, 0) is 19.1 Å². The molecule has 0 saturated heterocycles. The highest BCUT2D eigenvalue weighted by molar-refractivity contribution is 6.06. The molecule has 90 valence electrons. The first-order chi connectivity index (χ1) is 7.60. The molecule has 0 radical (unpaired) electrons. The van der Waals surface area contributed by atoms with E-state index in [2.05, 4.69) is 5.32 Å². The van der Waals surface area contributed by atoms with Gasteiger partial charge in [0.15, 0.2) is 11.8 Å². The molecular weight excluding hydrogens is 210 g/mol. The summed E-state index contributed by atoms with van der Waals surface area (Å²) in [5.41, 5.74) is 0. The molecule has 1 amide bonds. The quantitative estimate of drug-likeness (QED) is 0.527. The molecule has 1 N–H and O–H groups in total. The van der Waals surface area contributed by atoms with Gasteiger partial charge in [0.1, 0.15) is 0 Å². The van der Waals surface area contributed by atoms with Crippen LogP contribution in [0, 0.1) is 5.92 Å². The Hall–Kier alpha value is -1.39. The van der Waals surface area contributed by atoms with E-state index in [1.165, 1.54) is 0 Å². The van der Waals surface area contributed by atoms with Crippen LogP contribution < -0.4 is 5.32 Å². The minimum Gasteiger partial charge on any atom is -0.464 e. The van der Waals surface area contributed by atoms with E-state index >= 15 is 0 Å². The number of amides is 1. The van der Waals surface area contributed by atoms with Crippen molar-refractivity contribution in [3.8, 4) is 0 Å². The number of carbonyl (C=O) groups excluding carboxylic acids is 3. The third-order valence-electron chi connectivity index (χ3n) is 2.43. The van der Waals surface area contributed by atoms with Crippen LogP contribution in [0.4, 0.5) is 0 Å². The molecule has 1 aliphatic carbocycles. The van der Waals surface area contributed by atoms with E-state index < -0.39 is 12.0 Å². The molecule has 1 rings (SSSR count). The first kappa shape index (κ1) is 12.7. The molecule has 0 heterocycles. The lowest BCUT2D eigenvalue weighted by molar-refractivity contribution is -0.150. The van der Waals surface area contributed by atoms with Gasteiger partial charge in [-0.05, 0) is 19.8 Å². The second kappa shape index (κ2) is 5.63. The van der Waals surface area contributed by atoms with E-state index in [0.717, 1.165) is 12.8 Å². The Balaban J connectivity index is 2.58. The summed E-state index contributed by atoms with van der Waals surface area (Å²) in [6.07, 6.45) is 1.87. The molecule has 16 heavy (non-hydrogen) atoms. The number of rotatable bonds is 6. The van der Waals surface area contributed by atoms with Crippen molar-refractivity contribution >= 4 is 17.7 Å². The van der Waals surface area contributed by atoms with Crippen molar-refractivity contribution in [3.63, 3.8) is 0 Å². The molecule has 5 heteroatoms. The number of hydrogen-bond donors (Lipinski definition) is 1. The SMILES string of the molecule is CCOC(=O)[C@@H](NC(=O)C1CC1)C(=O)CC. The van der Waals surface area contributed by atoms with Gasteiger partial charge in [-0.1, -0.05) is 6.92 Å². The van der Waals surface area contributed by atoms with Crippen LogP contribution in [0.5, 0.6) is 0 Å². The molecular formula is C11H17NO4. The predicted octanol–water partition coefficient (Wildman–Crippen LogP) is 0.423. The van der Waals surface area contributed by atoms with Crippen molar-refractivity contribution < 1.29 is 19.1 Å². The van der Waals surface area contributed by atoms with Gasteiger partial charge in [-0.3, -0.25) is 9.59 Å². The van der Waals surface area contributed by atoms with Gasteiger partial charge in [0.05, 0.1) is 6.61 Å². The molecule has 0 bridgehead atoms. The van der Waals surface area contributed by atoms with Crippen LogP contribution in [0.2, 0.25) is 0 Å². The average molecular weight is 227 g/mol. The maximum atomic E-state index is 11.5. The van der Waals surface area contributed by atoms with Crippen molar-refractivity contribution in [2.45, 2.75) is 39.2 Å². The van der Waals surface area contributed by atoms with Gasteiger partial charge in [0.25, 0.3) is 0 Å². The van der Waals surface area contributed by atoms with Gasteiger partial charge in [0.2, 0.25) is 5.91 Å². The number of carbonyl (C=O) groups is 3. The maximum absolute atomic E-state index is 11.5. The third kappa shape index (κ3) is 3.32. The van der Waals surface area contributed by atoms with Crippen LogP contribution in [0.25, 0.3) is 0 Å². The molecule has 1 aliphatic rings. The van der Waals surface area contributed by atoms with Crippen LogP contribution >= 0.6 is 0 Å². The highest BCUT2D eigenvalue weighted by Crippen LogP contribution is 2.28. The largest absolute Gasteiger partial charge is 0.464 e. The molecule has 0 unspecified atom stereocenters. The first-order valence-corrected chi connectivity index (χ1v) is 5.59. The summed E-state index contributed by atoms with van der Waals surface area (Å²) in [5.74, 6) is -1.22. The smallest absolute Gasteiger partial charge is 0.336 e. The Morgan fingerprint density at radius 1 is 1.31 bits per heavy atom. The van der Waals surface area contributed by atoms with Gasteiger partial charge in [-0.15, -0.1) is 0 Å². The molecule has 1 atom stereocenters. The molecule has 0 aliphatic heterocycles. The maximum Gasteiger partial charge on any atom is 0.336 e. The summed E-state index contributed by atoms with van der Waals surface area (Å²) in [6, 6.07) is -1.13. The zero-order valence-electron chi connectivity index (χ0n) is 9.62. The van der Waals surface area contributed by atoms with E-state index in [9.17, 15) is 14.4 Å². The Morgan fingerprint density at radius 2 is 1.94 bits per heavy atom. The number of Topliss-reactive ketones (excluding diaryl/α,β-unsaturated/α-hetero) is 1. The molecule has 1 fully saturated rings. The third-order valence-corrected chi connectivity index (χ3v) is 2.43. The van der Waals surface area contributed by atoms with Crippen LogP contribution in [0.15, 0.2) is 0 Å². The molecule has 1 saturated carbocycles. The Kier molecular flexibility index (Phi) is 4.46. The lowest BCUT2D eigenvalue weighted by Crippen LogP contribution is -2.47. The topological polar surface area (TPSA) is 72.5 Å². The van der Waals surface area contributed by atoms with E-state index in [-0.39, 0.29) is 30.6 Å². The summed E-state index contributed by atoms with van der Waals surface area (Å²) < 4.78 is 4.75. The van der Waals surface area contributed by atoms with Gasteiger partial charge >= 0.3 is 5.97 Å². The fraction of sp³-hybridized carbons (Fsp3) is 0.727. The van der Waals surface area contributed by atoms with Gasteiger partial charge in [0, 0.05) is 12.3 Å². The normalized spacial score (nSPS) is 16.4. The zero-order chi connectivity index (χ0) is 12.1. The molecule has 0 spiro atoms. The van der Waals surface area contributed by atoms with Crippen LogP contribution in [0.1, 0.15) is 33.1 Å². The minimum atomic E-state index is -1.13. The van der Waals surface area contributed by atoms with E-state index in [1.54, 1.807) is 13.8 Å². The standard InChI is InChI=1S/C11H17NO4/c1-3-8(13)9(11(15)16-4-2)12-10(14)7-5-6-7/h7,9H,3-6H2,1-2H3,(H,12,14)/t9-/m0/s1. The van der Waals surface area contributed by atoms with Crippen molar-refractivity contribution in [2.75, 3.05) is 6.61 Å². The highest BCUT2D eigenvalue weighted by atomic mass is 16.5. The van der Waals surface area contributed by atoms with E-state index in [1.807, 2.05) is 0 Å².